The molecule has 0 fully saturated rings. The summed E-state index contributed by atoms with van der Waals surface area (Å²) in [7, 11) is 0. The molecule has 0 unspecified atom stereocenters. The van der Waals surface area contributed by atoms with Crippen molar-refractivity contribution < 1.29 is 4.79 Å². The normalized spacial score (nSPS) is 15.1. The first-order chi connectivity index (χ1) is 8.66. The van der Waals surface area contributed by atoms with Crippen LogP contribution in [0.2, 0.25) is 0 Å². The first-order valence-electron chi connectivity index (χ1n) is 6.37. The van der Waals surface area contributed by atoms with E-state index in [0.717, 1.165) is 12.4 Å². The molecule has 0 bridgehead atoms. The first-order valence-corrected chi connectivity index (χ1v) is 6.37. The topological polar surface area (TPSA) is 61.9 Å². The number of aromatic nitrogens is 2. The van der Waals surface area contributed by atoms with Crippen molar-refractivity contribution in [3.8, 4) is 6.07 Å². The van der Waals surface area contributed by atoms with Gasteiger partial charge >= 0.3 is 0 Å². The number of carbonyl (C=O) groups excluding carboxylic acids is 1. The molecule has 2 rings (SSSR count). The monoisotopic (exact) mass is 246 g/mol. The van der Waals surface area contributed by atoms with Crippen molar-refractivity contribution in [2.75, 3.05) is 6.54 Å². The van der Waals surface area contributed by atoms with Crippen LogP contribution < -0.4 is 0 Å². The van der Waals surface area contributed by atoms with E-state index in [1.54, 1.807) is 11.1 Å². The van der Waals surface area contributed by atoms with Gasteiger partial charge in [0.1, 0.15) is 11.2 Å². The smallest absolute Gasteiger partial charge is 0.243 e. The van der Waals surface area contributed by atoms with E-state index in [1.807, 2.05) is 20.0 Å². The fraction of sp³-hybridized carbons (Fsp3) is 0.615. The van der Waals surface area contributed by atoms with Crippen LogP contribution in [0.5, 0.6) is 0 Å². The van der Waals surface area contributed by atoms with E-state index in [0.29, 0.717) is 25.9 Å². The summed E-state index contributed by atoms with van der Waals surface area (Å²) in [6.07, 6.45) is 4.79. The van der Waals surface area contributed by atoms with E-state index in [-0.39, 0.29) is 5.91 Å². The van der Waals surface area contributed by atoms with Crippen molar-refractivity contribution >= 4 is 5.91 Å². The minimum absolute atomic E-state index is 0.0516. The number of hydrogen-bond acceptors (Lipinski definition) is 3. The maximum atomic E-state index is 12.5. The number of nitriles is 1. The molecular formula is C13H18N4O. The highest BCUT2D eigenvalue weighted by Crippen LogP contribution is 2.29. The maximum Gasteiger partial charge on any atom is 0.243 e. The van der Waals surface area contributed by atoms with Crippen molar-refractivity contribution in [1.29, 1.82) is 5.26 Å². The van der Waals surface area contributed by atoms with E-state index in [9.17, 15) is 10.1 Å². The van der Waals surface area contributed by atoms with Gasteiger partial charge in [-0.2, -0.15) is 5.26 Å². The Labute approximate surface area is 107 Å². The Kier molecular flexibility index (Phi) is 3.37. The summed E-state index contributed by atoms with van der Waals surface area (Å²) < 4.78 is 2.05. The van der Waals surface area contributed by atoms with Gasteiger partial charge in [0.05, 0.1) is 12.6 Å². The molecule has 1 aliphatic rings. The van der Waals surface area contributed by atoms with Crippen LogP contribution in [-0.4, -0.2) is 26.9 Å². The molecule has 18 heavy (non-hydrogen) atoms. The molecule has 0 spiro atoms. The van der Waals surface area contributed by atoms with Crippen LogP contribution in [0.1, 0.15) is 32.5 Å². The standard InChI is InChI=1S/C13H18N4O/c1-3-13(4-2,10-14)12(18)17-8-7-16-6-5-15-11(16)9-17/h5-6H,3-4,7-9H2,1-2H3. The van der Waals surface area contributed by atoms with E-state index in [1.165, 1.54) is 0 Å². The molecule has 0 N–H and O–H groups in total. The lowest BCUT2D eigenvalue weighted by atomic mass is 9.82. The molecule has 1 aliphatic heterocycles. The zero-order valence-electron chi connectivity index (χ0n) is 10.9. The summed E-state index contributed by atoms with van der Waals surface area (Å²) in [5.74, 6) is 0.845. The van der Waals surface area contributed by atoms with E-state index in [4.69, 9.17) is 0 Å². The molecule has 0 saturated heterocycles. The van der Waals surface area contributed by atoms with Gasteiger partial charge in [0.15, 0.2) is 0 Å². The first kappa shape index (κ1) is 12.6. The summed E-state index contributed by atoms with van der Waals surface area (Å²) in [5, 5.41) is 9.31. The van der Waals surface area contributed by atoms with Crippen LogP contribution >= 0.6 is 0 Å². The summed E-state index contributed by atoms with van der Waals surface area (Å²) in [4.78, 5) is 18.5. The van der Waals surface area contributed by atoms with Crippen molar-refractivity contribution in [3.63, 3.8) is 0 Å². The quantitative estimate of drug-likeness (QED) is 0.813. The average Bonchev–Trinajstić information content (AvgIpc) is 2.88. The summed E-state index contributed by atoms with van der Waals surface area (Å²) in [6, 6.07) is 2.21. The van der Waals surface area contributed by atoms with Crippen LogP contribution in [0.15, 0.2) is 12.4 Å². The maximum absolute atomic E-state index is 12.5. The molecule has 1 amide bonds. The van der Waals surface area contributed by atoms with Crippen molar-refractivity contribution in [2.24, 2.45) is 5.41 Å². The van der Waals surface area contributed by atoms with Gasteiger partial charge < -0.3 is 9.47 Å². The van der Waals surface area contributed by atoms with E-state index >= 15 is 0 Å². The predicted molar refractivity (Wildman–Crippen MR) is 66.3 cm³/mol. The Morgan fingerprint density at radius 2 is 2.22 bits per heavy atom. The molecule has 0 atom stereocenters. The fourth-order valence-electron chi connectivity index (χ4n) is 2.41. The summed E-state index contributed by atoms with van der Waals surface area (Å²) in [5.41, 5.74) is -0.866. The average molecular weight is 246 g/mol. The van der Waals surface area contributed by atoms with Crippen molar-refractivity contribution in [2.45, 2.75) is 39.8 Å². The van der Waals surface area contributed by atoms with Crippen LogP contribution in [0.25, 0.3) is 0 Å². The third-order valence-corrected chi connectivity index (χ3v) is 3.86. The van der Waals surface area contributed by atoms with Gasteiger partial charge in [-0.3, -0.25) is 4.79 Å². The molecule has 96 valence electrons. The highest BCUT2D eigenvalue weighted by atomic mass is 16.2. The molecule has 2 heterocycles. The van der Waals surface area contributed by atoms with Crippen LogP contribution in [0.4, 0.5) is 0 Å². The summed E-state index contributed by atoms with van der Waals surface area (Å²) >= 11 is 0. The molecular weight excluding hydrogens is 228 g/mol. The number of carbonyl (C=O) groups is 1. The van der Waals surface area contributed by atoms with Crippen molar-refractivity contribution in [3.05, 3.63) is 18.2 Å². The second-order valence-corrected chi connectivity index (χ2v) is 4.66. The lowest BCUT2D eigenvalue weighted by Crippen LogP contribution is -2.46. The molecule has 1 aromatic heterocycles. The molecule has 5 nitrogen and oxygen atoms in total. The van der Waals surface area contributed by atoms with Crippen LogP contribution in [0.3, 0.4) is 0 Å². The third kappa shape index (κ3) is 1.88. The lowest BCUT2D eigenvalue weighted by molar-refractivity contribution is -0.141. The van der Waals surface area contributed by atoms with Gasteiger partial charge in [-0.25, -0.2) is 4.98 Å². The molecule has 1 aromatic rings. The number of imidazole rings is 1. The van der Waals surface area contributed by atoms with Gasteiger partial charge in [0, 0.05) is 25.5 Å². The Morgan fingerprint density at radius 1 is 1.50 bits per heavy atom. The lowest BCUT2D eigenvalue weighted by Gasteiger charge is -2.33. The zero-order chi connectivity index (χ0) is 13.2. The van der Waals surface area contributed by atoms with Gasteiger partial charge in [0.25, 0.3) is 0 Å². The second-order valence-electron chi connectivity index (χ2n) is 4.66. The van der Waals surface area contributed by atoms with Gasteiger partial charge in [-0.1, -0.05) is 13.8 Å². The molecule has 0 aliphatic carbocycles. The Hall–Kier alpha value is -1.83. The number of nitrogens with zero attached hydrogens (tertiary/aromatic N) is 4. The Bertz CT molecular complexity index is 481. The highest BCUT2D eigenvalue weighted by molar-refractivity contribution is 5.85. The molecule has 0 aromatic carbocycles. The summed E-state index contributed by atoms with van der Waals surface area (Å²) in [6.45, 7) is 5.72. The van der Waals surface area contributed by atoms with Crippen molar-refractivity contribution in [1.82, 2.24) is 14.5 Å². The number of hydrogen-bond donors (Lipinski definition) is 0. The van der Waals surface area contributed by atoms with Crippen LogP contribution in [0, 0.1) is 16.7 Å². The molecule has 5 heteroatoms. The van der Waals surface area contributed by atoms with E-state index in [2.05, 4.69) is 15.6 Å². The highest BCUT2D eigenvalue weighted by Gasteiger charge is 2.39. The van der Waals surface area contributed by atoms with Crippen LogP contribution in [-0.2, 0) is 17.9 Å². The fourth-order valence-corrected chi connectivity index (χ4v) is 2.41. The molecule has 0 saturated carbocycles. The zero-order valence-corrected chi connectivity index (χ0v) is 10.9. The van der Waals surface area contributed by atoms with Gasteiger partial charge in [0.2, 0.25) is 5.91 Å². The minimum Gasteiger partial charge on any atom is -0.332 e. The predicted octanol–water partition coefficient (Wildman–Crippen LogP) is 1.56. The second kappa shape index (κ2) is 4.81. The minimum atomic E-state index is -0.866. The van der Waals surface area contributed by atoms with Gasteiger partial charge in [-0.15, -0.1) is 0 Å². The van der Waals surface area contributed by atoms with E-state index < -0.39 is 5.41 Å². The number of amides is 1. The Balaban J connectivity index is 2.19. The largest absolute Gasteiger partial charge is 0.332 e. The SMILES string of the molecule is CCC(C#N)(CC)C(=O)N1CCn2ccnc2C1. The Morgan fingerprint density at radius 3 is 2.83 bits per heavy atom. The number of fused-ring (bicyclic) bond motifs is 1. The third-order valence-electron chi connectivity index (χ3n) is 3.86. The van der Waals surface area contributed by atoms with Gasteiger partial charge in [-0.05, 0) is 12.8 Å². The number of rotatable bonds is 3. The molecule has 0 radical (unpaired) electrons.